The molecular weight excluding hydrogens is 316 g/mol. The highest BCUT2D eigenvalue weighted by atomic mass is 16.2. The monoisotopic (exact) mass is 348 g/mol. The predicted octanol–water partition coefficient (Wildman–Crippen LogP) is 2.78. The molecule has 2 aliphatic heterocycles. The number of amides is 2. The largest absolute Gasteiger partial charge is 0.342 e. The summed E-state index contributed by atoms with van der Waals surface area (Å²) in [6.07, 6.45) is 10.6. The lowest BCUT2D eigenvalue weighted by molar-refractivity contribution is -0.145. The molecule has 0 bridgehead atoms. The third-order valence-corrected chi connectivity index (χ3v) is 6.32. The number of likely N-dealkylation sites (tertiary alicyclic amines) is 2. The Kier molecular flexibility index (Phi) is 6.49. The lowest BCUT2D eigenvalue weighted by Gasteiger charge is -2.41. The second-order valence-electron chi connectivity index (χ2n) is 8.06. The highest BCUT2D eigenvalue weighted by molar-refractivity contribution is 6.36. The van der Waals surface area contributed by atoms with Gasteiger partial charge in [-0.2, -0.15) is 0 Å². The van der Waals surface area contributed by atoms with Gasteiger partial charge < -0.3 is 9.80 Å². The Labute approximate surface area is 151 Å². The Morgan fingerprint density at radius 3 is 2.20 bits per heavy atom. The standard InChI is InChI=1S/C20H32N2O3/c23-18(20(25)21-12-4-1-5-13-21)9-6-10-19(24)22-14-11-16-7-2-3-8-17(16)15-22/h16-17H,1-15H2. The molecule has 0 aromatic heterocycles. The second-order valence-corrected chi connectivity index (χ2v) is 8.06. The van der Waals surface area contributed by atoms with E-state index in [0.29, 0.717) is 31.8 Å². The molecule has 3 rings (SSSR count). The van der Waals surface area contributed by atoms with Crippen molar-refractivity contribution in [3.05, 3.63) is 0 Å². The molecule has 1 aliphatic carbocycles. The van der Waals surface area contributed by atoms with Gasteiger partial charge in [-0.15, -0.1) is 0 Å². The smallest absolute Gasteiger partial charge is 0.289 e. The van der Waals surface area contributed by atoms with Crippen molar-refractivity contribution < 1.29 is 14.4 Å². The van der Waals surface area contributed by atoms with Gasteiger partial charge in [-0.05, 0) is 50.4 Å². The van der Waals surface area contributed by atoms with E-state index in [1.165, 1.54) is 25.7 Å². The van der Waals surface area contributed by atoms with Crippen molar-refractivity contribution in [1.29, 1.82) is 0 Å². The number of rotatable bonds is 5. The zero-order chi connectivity index (χ0) is 17.6. The van der Waals surface area contributed by atoms with Crippen LogP contribution in [0.5, 0.6) is 0 Å². The molecule has 5 nitrogen and oxygen atoms in total. The molecule has 0 N–H and O–H groups in total. The summed E-state index contributed by atoms with van der Waals surface area (Å²) in [5.74, 6) is 1.02. The van der Waals surface area contributed by atoms with Crippen LogP contribution < -0.4 is 0 Å². The molecule has 25 heavy (non-hydrogen) atoms. The summed E-state index contributed by atoms with van der Waals surface area (Å²) in [5, 5.41) is 0. The molecule has 0 aromatic carbocycles. The number of hydrogen-bond donors (Lipinski definition) is 0. The molecule has 2 unspecified atom stereocenters. The molecule has 2 heterocycles. The first kappa shape index (κ1) is 18.4. The zero-order valence-corrected chi connectivity index (χ0v) is 15.4. The molecular formula is C20H32N2O3. The first-order valence-electron chi connectivity index (χ1n) is 10.2. The summed E-state index contributed by atoms with van der Waals surface area (Å²) in [7, 11) is 0. The maximum Gasteiger partial charge on any atom is 0.289 e. The Balaban J connectivity index is 1.37. The van der Waals surface area contributed by atoms with E-state index in [4.69, 9.17) is 0 Å². The van der Waals surface area contributed by atoms with E-state index in [0.717, 1.165) is 44.7 Å². The van der Waals surface area contributed by atoms with Crippen molar-refractivity contribution in [1.82, 2.24) is 9.80 Å². The van der Waals surface area contributed by atoms with Crippen molar-refractivity contribution in [3.63, 3.8) is 0 Å². The van der Waals surface area contributed by atoms with Crippen molar-refractivity contribution in [2.45, 2.75) is 70.6 Å². The summed E-state index contributed by atoms with van der Waals surface area (Å²) in [5.41, 5.74) is 0. The topological polar surface area (TPSA) is 57.7 Å². The van der Waals surface area contributed by atoms with Crippen LogP contribution in [-0.4, -0.2) is 53.6 Å². The van der Waals surface area contributed by atoms with Gasteiger partial charge in [0.15, 0.2) is 0 Å². The second kappa shape index (κ2) is 8.81. The van der Waals surface area contributed by atoms with Gasteiger partial charge in [0, 0.05) is 39.0 Å². The SMILES string of the molecule is O=C(CCCC(=O)N1CCC2CCCCC2C1)C(=O)N1CCCCC1. The maximum atomic E-state index is 12.4. The fourth-order valence-corrected chi connectivity index (χ4v) is 4.77. The Hall–Kier alpha value is -1.39. The first-order chi connectivity index (χ1) is 12.1. The van der Waals surface area contributed by atoms with Crippen molar-refractivity contribution in [3.8, 4) is 0 Å². The fraction of sp³-hybridized carbons (Fsp3) is 0.850. The Morgan fingerprint density at radius 1 is 0.720 bits per heavy atom. The molecule has 3 aliphatic rings. The van der Waals surface area contributed by atoms with Gasteiger partial charge in [0.1, 0.15) is 0 Å². The number of piperidine rings is 2. The van der Waals surface area contributed by atoms with Crippen LogP contribution >= 0.6 is 0 Å². The molecule has 2 saturated heterocycles. The minimum Gasteiger partial charge on any atom is -0.342 e. The van der Waals surface area contributed by atoms with Gasteiger partial charge >= 0.3 is 0 Å². The van der Waals surface area contributed by atoms with Crippen LogP contribution in [0.3, 0.4) is 0 Å². The van der Waals surface area contributed by atoms with E-state index in [2.05, 4.69) is 0 Å². The van der Waals surface area contributed by atoms with E-state index in [-0.39, 0.29) is 24.0 Å². The molecule has 3 fully saturated rings. The van der Waals surface area contributed by atoms with Crippen LogP contribution in [0.2, 0.25) is 0 Å². The number of carbonyl (C=O) groups excluding carboxylic acids is 3. The normalized spacial score (nSPS) is 26.9. The molecule has 5 heteroatoms. The molecule has 0 aromatic rings. The van der Waals surface area contributed by atoms with Gasteiger partial charge in [0.25, 0.3) is 5.91 Å². The summed E-state index contributed by atoms with van der Waals surface area (Å²) in [4.78, 5) is 40.3. The summed E-state index contributed by atoms with van der Waals surface area (Å²) in [6.45, 7) is 3.20. The van der Waals surface area contributed by atoms with E-state index in [1.807, 2.05) is 4.90 Å². The fourth-order valence-electron chi connectivity index (χ4n) is 4.77. The van der Waals surface area contributed by atoms with E-state index in [9.17, 15) is 14.4 Å². The van der Waals surface area contributed by atoms with Crippen molar-refractivity contribution in [2.75, 3.05) is 26.2 Å². The number of carbonyl (C=O) groups is 3. The Morgan fingerprint density at radius 2 is 1.44 bits per heavy atom. The minimum absolute atomic E-state index is 0.169. The van der Waals surface area contributed by atoms with Crippen LogP contribution in [0.4, 0.5) is 0 Å². The summed E-state index contributed by atoms with van der Waals surface area (Å²) in [6, 6.07) is 0. The van der Waals surface area contributed by atoms with Crippen LogP contribution in [0.25, 0.3) is 0 Å². The highest BCUT2D eigenvalue weighted by Crippen LogP contribution is 2.36. The quantitative estimate of drug-likeness (QED) is 0.718. The molecule has 0 spiro atoms. The van der Waals surface area contributed by atoms with Gasteiger partial charge in [0.05, 0.1) is 0 Å². The van der Waals surface area contributed by atoms with E-state index < -0.39 is 0 Å². The lowest BCUT2D eigenvalue weighted by Crippen LogP contribution is -2.44. The van der Waals surface area contributed by atoms with Crippen molar-refractivity contribution in [2.24, 2.45) is 11.8 Å². The third kappa shape index (κ3) is 4.83. The third-order valence-electron chi connectivity index (χ3n) is 6.32. The predicted molar refractivity (Wildman–Crippen MR) is 95.9 cm³/mol. The molecule has 140 valence electrons. The van der Waals surface area contributed by atoms with Crippen LogP contribution in [0.1, 0.15) is 70.6 Å². The van der Waals surface area contributed by atoms with Gasteiger partial charge in [0.2, 0.25) is 11.7 Å². The highest BCUT2D eigenvalue weighted by Gasteiger charge is 2.32. The lowest BCUT2D eigenvalue weighted by atomic mass is 9.75. The van der Waals surface area contributed by atoms with Crippen molar-refractivity contribution >= 4 is 17.6 Å². The number of fused-ring (bicyclic) bond motifs is 1. The number of Topliss-reactive ketones (excluding diaryl/α,β-unsaturated/α-hetero) is 1. The summed E-state index contributed by atoms with van der Waals surface area (Å²) < 4.78 is 0. The molecule has 1 saturated carbocycles. The van der Waals surface area contributed by atoms with Gasteiger partial charge in [-0.25, -0.2) is 0 Å². The van der Waals surface area contributed by atoms with Crippen LogP contribution in [0, 0.1) is 11.8 Å². The van der Waals surface area contributed by atoms with Crippen LogP contribution in [-0.2, 0) is 14.4 Å². The minimum atomic E-state index is -0.338. The maximum absolute atomic E-state index is 12.4. The average molecular weight is 348 g/mol. The number of nitrogens with zero attached hydrogens (tertiary/aromatic N) is 2. The molecule has 2 amide bonds. The molecule has 2 atom stereocenters. The number of hydrogen-bond acceptors (Lipinski definition) is 3. The van der Waals surface area contributed by atoms with Gasteiger partial charge in [-0.1, -0.05) is 19.3 Å². The average Bonchev–Trinajstić information content (AvgIpc) is 2.67. The first-order valence-corrected chi connectivity index (χ1v) is 10.2. The number of ketones is 1. The van der Waals surface area contributed by atoms with E-state index in [1.54, 1.807) is 4.90 Å². The van der Waals surface area contributed by atoms with Gasteiger partial charge in [-0.3, -0.25) is 14.4 Å². The molecule has 0 radical (unpaired) electrons. The zero-order valence-electron chi connectivity index (χ0n) is 15.4. The Bertz CT molecular complexity index is 499. The summed E-state index contributed by atoms with van der Waals surface area (Å²) >= 11 is 0. The van der Waals surface area contributed by atoms with Crippen LogP contribution in [0.15, 0.2) is 0 Å². The van der Waals surface area contributed by atoms with E-state index >= 15 is 0 Å².